The summed E-state index contributed by atoms with van der Waals surface area (Å²) < 4.78 is 11.3. The fourth-order valence-corrected chi connectivity index (χ4v) is 4.55. The van der Waals surface area contributed by atoms with Gasteiger partial charge in [0.25, 0.3) is 0 Å². The van der Waals surface area contributed by atoms with E-state index in [-0.39, 0.29) is 18.9 Å². The van der Waals surface area contributed by atoms with Crippen LogP contribution in [0.1, 0.15) is 68.3 Å². The standard InChI is InChI=1S/C35H40N2O5/c1-5-22-41-30-18-15-27(16-19-30)11-8-9-23-42-33-21-14-26(4)31(37-33)20-17-28-12-10-13-29(24-28)36-32(38)25-35(6-2,7-3)34(39)40/h1,10,12-21,24H,6-9,11,22-23,25H2,2-4H3,(H,36,38)(H,39,40)/b20-17+. The van der Waals surface area contributed by atoms with Crippen LogP contribution in [0.3, 0.4) is 0 Å². The number of anilines is 1. The Morgan fingerprint density at radius 3 is 2.48 bits per heavy atom. The number of rotatable bonds is 16. The number of amides is 1. The maximum absolute atomic E-state index is 12.6. The molecule has 7 nitrogen and oxygen atoms in total. The number of aryl methyl sites for hydroxylation is 2. The fourth-order valence-electron chi connectivity index (χ4n) is 4.55. The minimum atomic E-state index is -1.05. The van der Waals surface area contributed by atoms with Gasteiger partial charge in [0.15, 0.2) is 0 Å². The number of nitrogens with zero attached hydrogens (tertiary/aromatic N) is 1. The molecule has 7 heteroatoms. The second-order valence-electron chi connectivity index (χ2n) is 10.3. The second kappa shape index (κ2) is 16.0. The number of unbranched alkanes of at least 4 members (excludes halogenated alkanes) is 1. The lowest BCUT2D eigenvalue weighted by atomic mass is 9.79. The first-order valence-electron chi connectivity index (χ1n) is 14.4. The number of benzene rings is 2. The van der Waals surface area contributed by atoms with Gasteiger partial charge in [-0.3, -0.25) is 9.59 Å². The molecule has 2 N–H and O–H groups in total. The molecule has 3 rings (SSSR count). The summed E-state index contributed by atoms with van der Waals surface area (Å²) in [7, 11) is 0. The average molecular weight is 569 g/mol. The number of hydrogen-bond donors (Lipinski definition) is 2. The van der Waals surface area contributed by atoms with Gasteiger partial charge in [-0.05, 0) is 86.1 Å². The van der Waals surface area contributed by atoms with Gasteiger partial charge in [0, 0.05) is 18.2 Å². The zero-order chi connectivity index (χ0) is 30.4. The molecule has 1 heterocycles. The van der Waals surface area contributed by atoms with Gasteiger partial charge >= 0.3 is 5.97 Å². The molecular weight excluding hydrogens is 528 g/mol. The predicted molar refractivity (Wildman–Crippen MR) is 167 cm³/mol. The minimum absolute atomic E-state index is 0.0679. The summed E-state index contributed by atoms with van der Waals surface area (Å²) >= 11 is 0. The van der Waals surface area contributed by atoms with Crippen molar-refractivity contribution in [2.45, 2.75) is 59.3 Å². The second-order valence-corrected chi connectivity index (χ2v) is 10.3. The Kier molecular flexibility index (Phi) is 12.2. The molecule has 0 spiro atoms. The molecular formula is C35H40N2O5. The molecule has 0 unspecified atom stereocenters. The number of carbonyl (C=O) groups is 2. The van der Waals surface area contributed by atoms with Crippen molar-refractivity contribution in [2.24, 2.45) is 5.41 Å². The van der Waals surface area contributed by atoms with Crippen molar-refractivity contribution in [3.05, 3.63) is 83.0 Å². The maximum Gasteiger partial charge on any atom is 0.310 e. The lowest BCUT2D eigenvalue weighted by Gasteiger charge is -2.25. The molecule has 0 aliphatic rings. The SMILES string of the molecule is C#CCOc1ccc(CCCCOc2ccc(C)c(/C=C/c3cccc(NC(=O)CC(CC)(CC)C(=O)O)c3)n2)cc1. The first-order chi connectivity index (χ1) is 20.3. The van der Waals surface area contributed by atoms with E-state index >= 15 is 0 Å². The molecule has 3 aromatic rings. The Bertz CT molecular complexity index is 1400. The molecule has 0 saturated heterocycles. The molecule has 42 heavy (non-hydrogen) atoms. The Morgan fingerprint density at radius 1 is 1.02 bits per heavy atom. The van der Waals surface area contributed by atoms with Crippen LogP contribution in [0.4, 0.5) is 5.69 Å². The van der Waals surface area contributed by atoms with Crippen LogP contribution < -0.4 is 14.8 Å². The summed E-state index contributed by atoms with van der Waals surface area (Å²) in [4.78, 5) is 29.1. The van der Waals surface area contributed by atoms with Gasteiger partial charge in [-0.15, -0.1) is 6.42 Å². The Hall–Kier alpha value is -4.57. The summed E-state index contributed by atoms with van der Waals surface area (Å²) in [5, 5.41) is 12.5. The third kappa shape index (κ3) is 9.52. The van der Waals surface area contributed by atoms with Crippen LogP contribution in [0.5, 0.6) is 11.6 Å². The van der Waals surface area contributed by atoms with Crippen molar-refractivity contribution in [2.75, 3.05) is 18.5 Å². The summed E-state index contributed by atoms with van der Waals surface area (Å²) in [6, 6.07) is 19.3. The van der Waals surface area contributed by atoms with Gasteiger partial charge in [0.05, 0.1) is 17.7 Å². The third-order valence-corrected chi connectivity index (χ3v) is 7.38. The zero-order valence-electron chi connectivity index (χ0n) is 24.7. The average Bonchev–Trinajstić information content (AvgIpc) is 2.99. The van der Waals surface area contributed by atoms with Crippen molar-refractivity contribution < 1.29 is 24.2 Å². The lowest BCUT2D eigenvalue weighted by molar-refractivity contribution is -0.151. The van der Waals surface area contributed by atoms with Gasteiger partial charge in [-0.1, -0.05) is 56.2 Å². The van der Waals surface area contributed by atoms with Crippen LogP contribution in [0.25, 0.3) is 12.2 Å². The number of carboxylic acid groups (broad SMARTS) is 1. The van der Waals surface area contributed by atoms with E-state index in [0.717, 1.165) is 41.8 Å². The molecule has 0 atom stereocenters. The minimum Gasteiger partial charge on any atom is -0.481 e. The van der Waals surface area contributed by atoms with E-state index in [9.17, 15) is 14.7 Å². The van der Waals surface area contributed by atoms with E-state index in [1.165, 1.54) is 5.56 Å². The van der Waals surface area contributed by atoms with Crippen LogP contribution >= 0.6 is 0 Å². The van der Waals surface area contributed by atoms with Crippen molar-refractivity contribution in [3.63, 3.8) is 0 Å². The summed E-state index contributed by atoms with van der Waals surface area (Å²) in [6.45, 7) is 6.43. The Morgan fingerprint density at radius 2 is 1.79 bits per heavy atom. The molecule has 0 radical (unpaired) electrons. The monoisotopic (exact) mass is 568 g/mol. The molecule has 0 fully saturated rings. The Labute approximate surface area is 249 Å². The molecule has 220 valence electrons. The first kappa shape index (κ1) is 32.0. The van der Waals surface area contributed by atoms with Gasteiger partial charge in [-0.25, -0.2) is 4.98 Å². The van der Waals surface area contributed by atoms with Gasteiger partial charge in [0.2, 0.25) is 11.8 Å². The van der Waals surface area contributed by atoms with Crippen LogP contribution in [-0.4, -0.2) is 35.2 Å². The fraction of sp³-hybridized carbons (Fsp3) is 0.343. The van der Waals surface area contributed by atoms with E-state index in [4.69, 9.17) is 15.9 Å². The number of pyridine rings is 1. The third-order valence-electron chi connectivity index (χ3n) is 7.38. The number of carboxylic acids is 1. The first-order valence-corrected chi connectivity index (χ1v) is 14.4. The van der Waals surface area contributed by atoms with E-state index in [2.05, 4.69) is 28.4 Å². The van der Waals surface area contributed by atoms with Crippen LogP contribution in [0.2, 0.25) is 0 Å². The number of ether oxygens (including phenoxy) is 2. The lowest BCUT2D eigenvalue weighted by Crippen LogP contribution is -2.34. The van der Waals surface area contributed by atoms with Crippen molar-refractivity contribution in [1.82, 2.24) is 4.98 Å². The number of aromatic nitrogens is 1. The predicted octanol–water partition coefficient (Wildman–Crippen LogP) is 7.19. The zero-order valence-corrected chi connectivity index (χ0v) is 24.7. The van der Waals surface area contributed by atoms with E-state index in [0.29, 0.717) is 31.0 Å². The van der Waals surface area contributed by atoms with Crippen LogP contribution in [0, 0.1) is 24.7 Å². The van der Waals surface area contributed by atoms with Crippen molar-refractivity contribution in [3.8, 4) is 24.0 Å². The molecule has 1 aromatic heterocycles. The van der Waals surface area contributed by atoms with Crippen LogP contribution in [-0.2, 0) is 16.0 Å². The number of hydrogen-bond acceptors (Lipinski definition) is 5. The summed E-state index contributed by atoms with van der Waals surface area (Å²) in [6.07, 6.45) is 12.6. The van der Waals surface area contributed by atoms with Crippen molar-refractivity contribution >= 4 is 29.7 Å². The number of nitrogens with one attached hydrogen (secondary N) is 1. The van der Waals surface area contributed by atoms with E-state index in [1.807, 2.05) is 61.5 Å². The Balaban J connectivity index is 1.52. The topological polar surface area (TPSA) is 97.8 Å². The highest BCUT2D eigenvalue weighted by Gasteiger charge is 2.37. The normalized spacial score (nSPS) is 11.2. The highest BCUT2D eigenvalue weighted by atomic mass is 16.5. The largest absolute Gasteiger partial charge is 0.481 e. The van der Waals surface area contributed by atoms with E-state index < -0.39 is 11.4 Å². The molecule has 0 aliphatic heterocycles. The van der Waals surface area contributed by atoms with E-state index in [1.54, 1.807) is 19.9 Å². The highest BCUT2D eigenvalue weighted by molar-refractivity contribution is 5.94. The highest BCUT2D eigenvalue weighted by Crippen LogP contribution is 2.31. The van der Waals surface area contributed by atoms with Crippen LogP contribution in [0.15, 0.2) is 60.7 Å². The molecule has 2 aromatic carbocycles. The molecule has 0 bridgehead atoms. The number of terminal acetylenes is 1. The molecule has 0 aliphatic carbocycles. The summed E-state index contributed by atoms with van der Waals surface area (Å²) in [5.41, 5.74) is 3.49. The number of carbonyl (C=O) groups excluding carboxylic acids is 1. The molecule has 1 amide bonds. The maximum atomic E-state index is 12.6. The molecule has 0 saturated carbocycles. The smallest absolute Gasteiger partial charge is 0.310 e. The number of aliphatic carboxylic acids is 1. The van der Waals surface area contributed by atoms with Gasteiger partial charge in [-0.2, -0.15) is 0 Å². The van der Waals surface area contributed by atoms with Crippen molar-refractivity contribution in [1.29, 1.82) is 0 Å². The van der Waals surface area contributed by atoms with Gasteiger partial charge < -0.3 is 19.9 Å². The quantitative estimate of drug-likeness (QED) is 0.140. The van der Waals surface area contributed by atoms with Gasteiger partial charge in [0.1, 0.15) is 12.4 Å². The summed E-state index contributed by atoms with van der Waals surface area (Å²) in [5.74, 6) is 2.56.